The van der Waals surface area contributed by atoms with Crippen LogP contribution in [0.25, 0.3) is 0 Å². The number of nitrogens with zero attached hydrogens (tertiary/aromatic N) is 1. The Labute approximate surface area is 75.8 Å². The van der Waals surface area contributed by atoms with Crippen LogP contribution in [0.15, 0.2) is 5.38 Å². The van der Waals surface area contributed by atoms with Crippen molar-refractivity contribution < 1.29 is 4.79 Å². The summed E-state index contributed by atoms with van der Waals surface area (Å²) in [5.41, 5.74) is 2.38. The minimum absolute atomic E-state index is 0.343. The first-order valence-corrected chi connectivity index (χ1v) is 4.55. The summed E-state index contributed by atoms with van der Waals surface area (Å²) in [5, 5.41) is 2.52. The molecule has 0 spiro atoms. The van der Waals surface area contributed by atoms with E-state index in [9.17, 15) is 4.79 Å². The lowest BCUT2D eigenvalue weighted by atomic mass is 10.5. The van der Waals surface area contributed by atoms with Gasteiger partial charge in [-0.3, -0.25) is 10.2 Å². The third-order valence-electron chi connectivity index (χ3n) is 0.983. The normalized spacial score (nSPS) is 8.33. The number of nitrogens with two attached hydrogens (primary N) is 1. The lowest BCUT2D eigenvalue weighted by Crippen LogP contribution is -2.30. The number of aryl methyl sites for hydroxylation is 1. The van der Waals surface area contributed by atoms with E-state index in [1.807, 2.05) is 26.2 Å². The molecule has 0 unspecified atom stereocenters. The van der Waals surface area contributed by atoms with Crippen molar-refractivity contribution in [2.24, 2.45) is 5.84 Å². The van der Waals surface area contributed by atoms with E-state index in [0.717, 1.165) is 5.01 Å². The minimum atomic E-state index is -0.343. The molecule has 0 saturated heterocycles. The van der Waals surface area contributed by atoms with Crippen LogP contribution in [-0.4, -0.2) is 10.9 Å². The molecule has 1 amide bonds. The Morgan fingerprint density at radius 3 is 2.58 bits per heavy atom. The maximum Gasteiger partial charge on any atom is 0.284 e. The van der Waals surface area contributed by atoms with E-state index in [1.54, 1.807) is 5.38 Å². The van der Waals surface area contributed by atoms with E-state index < -0.39 is 0 Å². The number of nitrogens with one attached hydrogen (secondary N) is 1. The Morgan fingerprint density at radius 2 is 2.25 bits per heavy atom. The fraction of sp³-hybridized carbons (Fsp3) is 0.429. The maximum atomic E-state index is 10.7. The third-order valence-corrected chi connectivity index (χ3v) is 1.76. The first kappa shape index (κ1) is 11.1. The monoisotopic (exact) mass is 187 g/mol. The quantitative estimate of drug-likeness (QED) is 0.393. The van der Waals surface area contributed by atoms with Crippen LogP contribution in [0.1, 0.15) is 29.3 Å². The summed E-state index contributed by atoms with van der Waals surface area (Å²) in [7, 11) is 0. The molecule has 1 aromatic heterocycles. The molecular formula is C7H13N3OS. The van der Waals surface area contributed by atoms with Crippen LogP contribution < -0.4 is 11.3 Å². The van der Waals surface area contributed by atoms with Crippen molar-refractivity contribution in [3.05, 3.63) is 16.1 Å². The van der Waals surface area contributed by atoms with E-state index >= 15 is 0 Å². The molecule has 0 aliphatic rings. The van der Waals surface area contributed by atoms with Gasteiger partial charge in [0, 0.05) is 5.38 Å². The molecule has 0 aliphatic carbocycles. The van der Waals surface area contributed by atoms with Gasteiger partial charge in [-0.15, -0.1) is 11.3 Å². The lowest BCUT2D eigenvalue weighted by Gasteiger charge is -1.90. The molecule has 0 aliphatic heterocycles. The maximum absolute atomic E-state index is 10.7. The van der Waals surface area contributed by atoms with Gasteiger partial charge in [-0.1, -0.05) is 13.8 Å². The summed E-state index contributed by atoms with van der Waals surface area (Å²) in [6.45, 7) is 5.83. The molecule has 1 aromatic rings. The van der Waals surface area contributed by atoms with Gasteiger partial charge in [0.05, 0.1) is 5.01 Å². The van der Waals surface area contributed by atoms with Crippen LogP contribution >= 0.6 is 11.3 Å². The van der Waals surface area contributed by atoms with Crippen molar-refractivity contribution in [2.75, 3.05) is 0 Å². The molecule has 4 nitrogen and oxygen atoms in total. The summed E-state index contributed by atoms with van der Waals surface area (Å²) in [6, 6.07) is 0. The topological polar surface area (TPSA) is 68.0 Å². The lowest BCUT2D eigenvalue weighted by molar-refractivity contribution is 0.0949. The van der Waals surface area contributed by atoms with E-state index in [1.165, 1.54) is 11.3 Å². The third kappa shape index (κ3) is 2.98. The van der Waals surface area contributed by atoms with Gasteiger partial charge in [0.25, 0.3) is 5.91 Å². The Bertz CT molecular complexity index is 247. The number of carbonyl (C=O) groups is 1. The zero-order valence-corrected chi connectivity index (χ0v) is 8.23. The highest BCUT2D eigenvalue weighted by molar-refractivity contribution is 7.09. The van der Waals surface area contributed by atoms with Gasteiger partial charge in [0.1, 0.15) is 5.69 Å². The van der Waals surface area contributed by atoms with Crippen molar-refractivity contribution in [2.45, 2.75) is 20.8 Å². The molecule has 0 bridgehead atoms. The number of aromatic nitrogens is 1. The number of hydrogen-bond acceptors (Lipinski definition) is 4. The van der Waals surface area contributed by atoms with Crippen molar-refractivity contribution in [3.8, 4) is 0 Å². The van der Waals surface area contributed by atoms with Crippen molar-refractivity contribution in [1.82, 2.24) is 10.4 Å². The number of hydrogen-bond donors (Lipinski definition) is 2. The largest absolute Gasteiger partial charge is 0.289 e. The highest BCUT2D eigenvalue weighted by Gasteiger charge is 2.05. The molecule has 68 valence electrons. The highest BCUT2D eigenvalue weighted by atomic mass is 32.1. The summed E-state index contributed by atoms with van der Waals surface area (Å²) >= 11 is 1.42. The molecule has 0 atom stereocenters. The van der Waals surface area contributed by atoms with Crippen molar-refractivity contribution in [3.63, 3.8) is 0 Å². The smallest absolute Gasteiger partial charge is 0.284 e. The van der Waals surface area contributed by atoms with Gasteiger partial charge in [-0.05, 0) is 6.92 Å². The molecule has 0 fully saturated rings. The van der Waals surface area contributed by atoms with Gasteiger partial charge >= 0.3 is 0 Å². The van der Waals surface area contributed by atoms with Gasteiger partial charge < -0.3 is 0 Å². The van der Waals surface area contributed by atoms with Crippen LogP contribution in [-0.2, 0) is 0 Å². The molecular weight excluding hydrogens is 174 g/mol. The second kappa shape index (κ2) is 5.68. The number of thiazole rings is 1. The predicted octanol–water partition coefficient (Wildman–Crippen LogP) is 1.08. The zero-order chi connectivity index (χ0) is 9.56. The fourth-order valence-corrected chi connectivity index (χ4v) is 1.13. The van der Waals surface area contributed by atoms with E-state index in [0.29, 0.717) is 5.69 Å². The second-order valence-corrected chi connectivity index (χ2v) is 2.79. The molecule has 0 radical (unpaired) electrons. The van der Waals surface area contributed by atoms with Crippen molar-refractivity contribution >= 4 is 17.2 Å². The summed E-state index contributed by atoms with van der Waals surface area (Å²) in [6.07, 6.45) is 0. The Balaban J connectivity index is 0.000000561. The summed E-state index contributed by atoms with van der Waals surface area (Å²) in [5.74, 6) is 4.54. The van der Waals surface area contributed by atoms with Crippen LogP contribution in [0.3, 0.4) is 0 Å². The summed E-state index contributed by atoms with van der Waals surface area (Å²) in [4.78, 5) is 14.6. The molecule has 1 rings (SSSR count). The number of carbonyl (C=O) groups excluding carboxylic acids is 1. The predicted molar refractivity (Wildman–Crippen MR) is 49.9 cm³/mol. The average molecular weight is 187 g/mol. The number of hydrazine groups is 1. The van der Waals surface area contributed by atoms with Crippen LogP contribution in [0.2, 0.25) is 0 Å². The first-order valence-electron chi connectivity index (χ1n) is 3.67. The van der Waals surface area contributed by atoms with E-state index in [2.05, 4.69) is 4.98 Å². The molecule has 3 N–H and O–H groups in total. The summed E-state index contributed by atoms with van der Waals surface area (Å²) < 4.78 is 0. The first-order chi connectivity index (χ1) is 5.74. The number of nitrogen functional groups attached to an aromatic ring is 1. The SMILES string of the molecule is CC.Cc1nc(C(=O)NN)cs1. The minimum Gasteiger partial charge on any atom is -0.289 e. The number of rotatable bonds is 1. The fourth-order valence-electron chi connectivity index (χ4n) is 0.542. The standard InChI is InChI=1S/C5H7N3OS.C2H6/c1-3-7-4(2-10-3)5(9)8-6;1-2/h2H,6H2,1H3,(H,8,9);1-2H3. The molecule has 0 aromatic carbocycles. The zero-order valence-electron chi connectivity index (χ0n) is 7.42. The van der Waals surface area contributed by atoms with E-state index in [-0.39, 0.29) is 5.91 Å². The highest BCUT2D eigenvalue weighted by Crippen LogP contribution is 2.06. The van der Waals surface area contributed by atoms with Gasteiger partial charge in [-0.25, -0.2) is 10.8 Å². The van der Waals surface area contributed by atoms with Crippen LogP contribution in [0.4, 0.5) is 0 Å². The Morgan fingerprint density at radius 1 is 1.67 bits per heavy atom. The van der Waals surface area contributed by atoms with Gasteiger partial charge in [0.15, 0.2) is 0 Å². The molecule has 12 heavy (non-hydrogen) atoms. The Kier molecular flexibility index (Phi) is 5.23. The average Bonchev–Trinajstić information content (AvgIpc) is 2.54. The van der Waals surface area contributed by atoms with Crippen LogP contribution in [0, 0.1) is 6.92 Å². The Hall–Kier alpha value is -0.940. The number of amides is 1. The van der Waals surface area contributed by atoms with E-state index in [4.69, 9.17) is 5.84 Å². The van der Waals surface area contributed by atoms with Gasteiger partial charge in [-0.2, -0.15) is 0 Å². The second-order valence-electron chi connectivity index (χ2n) is 1.73. The molecule has 0 saturated carbocycles. The van der Waals surface area contributed by atoms with Gasteiger partial charge in [0.2, 0.25) is 0 Å². The molecule has 5 heteroatoms. The van der Waals surface area contributed by atoms with Crippen molar-refractivity contribution in [1.29, 1.82) is 0 Å². The molecule has 1 heterocycles. The van der Waals surface area contributed by atoms with Crippen LogP contribution in [0.5, 0.6) is 0 Å².